The van der Waals surface area contributed by atoms with Crippen molar-refractivity contribution in [3.8, 4) is 28.4 Å². The van der Waals surface area contributed by atoms with Gasteiger partial charge in [-0.2, -0.15) is 0 Å². The number of amides is 1. The second kappa shape index (κ2) is 8.61. The molecule has 31 heavy (non-hydrogen) atoms. The highest BCUT2D eigenvalue weighted by atomic mass is 16.5. The summed E-state index contributed by atoms with van der Waals surface area (Å²) in [5, 5.41) is 3.03. The summed E-state index contributed by atoms with van der Waals surface area (Å²) in [6.07, 6.45) is 1.32. The van der Waals surface area contributed by atoms with Gasteiger partial charge in [-0.1, -0.05) is 32.9 Å². The van der Waals surface area contributed by atoms with Crippen LogP contribution in [0.1, 0.15) is 56.8 Å². The quantitative estimate of drug-likeness (QED) is 0.796. The van der Waals surface area contributed by atoms with E-state index in [-0.39, 0.29) is 22.8 Å². The van der Waals surface area contributed by atoms with E-state index in [0.29, 0.717) is 35.7 Å². The van der Waals surface area contributed by atoms with Gasteiger partial charge in [-0.05, 0) is 47.1 Å². The lowest BCUT2D eigenvalue weighted by Crippen LogP contribution is -2.27. The molecular formula is C25H31NO5. The first kappa shape index (κ1) is 22.7. The maximum atomic E-state index is 13.2. The molecule has 0 aromatic heterocycles. The van der Waals surface area contributed by atoms with Crippen LogP contribution in [0.5, 0.6) is 17.2 Å². The highest BCUT2D eigenvalue weighted by Gasteiger charge is 2.30. The van der Waals surface area contributed by atoms with Crippen molar-refractivity contribution in [1.82, 2.24) is 5.32 Å². The molecule has 6 nitrogen and oxygen atoms in total. The molecule has 0 unspecified atom stereocenters. The van der Waals surface area contributed by atoms with Gasteiger partial charge in [0.25, 0.3) is 0 Å². The Hall–Kier alpha value is -3.02. The molecule has 2 aromatic carbocycles. The van der Waals surface area contributed by atoms with Crippen LogP contribution in [0.2, 0.25) is 0 Å². The van der Waals surface area contributed by atoms with Crippen molar-refractivity contribution in [3.05, 3.63) is 51.2 Å². The number of benzene rings is 1. The SMILES string of the molecule is COc1cc2c(c(OC)c1OC)-c1ccc(C(C)(C)C)c(=O)cc1[C@@H](NC(C)=O)CC2. The zero-order valence-electron chi connectivity index (χ0n) is 19.3. The number of fused-ring (bicyclic) bond motifs is 3. The number of hydrogen-bond donors (Lipinski definition) is 1. The summed E-state index contributed by atoms with van der Waals surface area (Å²) in [4.78, 5) is 25.1. The van der Waals surface area contributed by atoms with Gasteiger partial charge in [0.1, 0.15) is 0 Å². The monoisotopic (exact) mass is 425 g/mol. The first-order valence-electron chi connectivity index (χ1n) is 10.4. The van der Waals surface area contributed by atoms with Crippen LogP contribution in [0, 0.1) is 0 Å². The topological polar surface area (TPSA) is 73.9 Å². The van der Waals surface area contributed by atoms with Gasteiger partial charge in [-0.15, -0.1) is 0 Å². The lowest BCUT2D eigenvalue weighted by atomic mass is 9.87. The maximum absolute atomic E-state index is 13.2. The number of aryl methyl sites for hydroxylation is 1. The van der Waals surface area contributed by atoms with E-state index in [2.05, 4.69) is 5.32 Å². The largest absolute Gasteiger partial charge is 0.493 e. The second-order valence-corrected chi connectivity index (χ2v) is 8.85. The van der Waals surface area contributed by atoms with Crippen molar-refractivity contribution in [2.24, 2.45) is 0 Å². The molecule has 2 aromatic rings. The van der Waals surface area contributed by atoms with Crippen molar-refractivity contribution in [1.29, 1.82) is 0 Å². The fraction of sp³-hybridized carbons (Fsp3) is 0.440. The number of nitrogens with one attached hydrogen (secondary N) is 1. The van der Waals surface area contributed by atoms with Gasteiger partial charge in [0, 0.05) is 18.1 Å². The highest BCUT2D eigenvalue weighted by Crippen LogP contribution is 2.50. The van der Waals surface area contributed by atoms with Gasteiger partial charge in [0.05, 0.1) is 27.4 Å². The summed E-state index contributed by atoms with van der Waals surface area (Å²) in [6.45, 7) is 7.54. The molecule has 0 heterocycles. The molecule has 1 atom stereocenters. The van der Waals surface area contributed by atoms with Crippen molar-refractivity contribution in [2.45, 2.75) is 52.0 Å². The molecule has 3 rings (SSSR count). The van der Waals surface area contributed by atoms with Crippen molar-refractivity contribution < 1.29 is 19.0 Å². The van der Waals surface area contributed by atoms with Crippen LogP contribution in [0.3, 0.4) is 0 Å². The van der Waals surface area contributed by atoms with E-state index >= 15 is 0 Å². The molecule has 1 aliphatic rings. The smallest absolute Gasteiger partial charge is 0.217 e. The fourth-order valence-electron chi connectivity index (χ4n) is 4.33. The van der Waals surface area contributed by atoms with Gasteiger partial charge in [-0.3, -0.25) is 9.59 Å². The molecule has 0 saturated carbocycles. The van der Waals surface area contributed by atoms with Gasteiger partial charge in [-0.25, -0.2) is 0 Å². The van der Waals surface area contributed by atoms with Crippen LogP contribution in [-0.2, 0) is 16.6 Å². The van der Waals surface area contributed by atoms with Crippen LogP contribution in [0.15, 0.2) is 29.1 Å². The third-order valence-corrected chi connectivity index (χ3v) is 5.72. The molecule has 0 spiro atoms. The van der Waals surface area contributed by atoms with Crippen molar-refractivity contribution in [3.63, 3.8) is 0 Å². The van der Waals surface area contributed by atoms with E-state index < -0.39 is 0 Å². The fourth-order valence-corrected chi connectivity index (χ4v) is 4.33. The van der Waals surface area contributed by atoms with Gasteiger partial charge >= 0.3 is 0 Å². The molecule has 6 heteroatoms. The molecule has 166 valence electrons. The number of carbonyl (C=O) groups excluding carboxylic acids is 1. The average Bonchev–Trinajstić information content (AvgIpc) is 2.95. The molecule has 1 amide bonds. The first-order valence-corrected chi connectivity index (χ1v) is 10.4. The Morgan fingerprint density at radius 3 is 2.26 bits per heavy atom. The van der Waals surface area contributed by atoms with Gasteiger partial charge in [0.15, 0.2) is 16.9 Å². The van der Waals surface area contributed by atoms with E-state index in [9.17, 15) is 9.59 Å². The minimum atomic E-state index is -0.317. The zero-order chi connectivity index (χ0) is 22.9. The minimum absolute atomic E-state index is 0.0491. The lowest BCUT2D eigenvalue weighted by Gasteiger charge is -2.19. The predicted octanol–water partition coefficient (Wildman–Crippen LogP) is 4.16. The van der Waals surface area contributed by atoms with Crippen LogP contribution < -0.4 is 25.0 Å². The number of hydrogen-bond acceptors (Lipinski definition) is 5. The first-order chi connectivity index (χ1) is 14.6. The summed E-state index contributed by atoms with van der Waals surface area (Å²) in [5.74, 6) is 1.49. The standard InChI is InChI=1S/C25H31NO5/c1-14(27)26-19-11-8-15-12-21(29-5)23(30-6)24(31-7)22(15)16-9-10-18(25(2,3)4)20(28)13-17(16)19/h9-10,12-13,19H,8,11H2,1-7H3,(H,26,27)/t19-/m0/s1. The third kappa shape index (κ3) is 4.24. The Bertz CT molecular complexity index is 1070. The predicted molar refractivity (Wildman–Crippen MR) is 121 cm³/mol. The van der Waals surface area contributed by atoms with E-state index in [0.717, 1.165) is 22.3 Å². The van der Waals surface area contributed by atoms with Crippen LogP contribution in [0.25, 0.3) is 11.1 Å². The highest BCUT2D eigenvalue weighted by molar-refractivity contribution is 5.83. The molecule has 0 aliphatic heterocycles. The molecule has 0 bridgehead atoms. The maximum Gasteiger partial charge on any atom is 0.217 e. The van der Waals surface area contributed by atoms with E-state index in [4.69, 9.17) is 14.2 Å². The Morgan fingerprint density at radius 2 is 1.71 bits per heavy atom. The van der Waals surface area contributed by atoms with Crippen LogP contribution in [-0.4, -0.2) is 27.2 Å². The summed E-state index contributed by atoms with van der Waals surface area (Å²) in [7, 11) is 4.76. The molecule has 0 fully saturated rings. The van der Waals surface area contributed by atoms with E-state index in [1.807, 2.05) is 39.0 Å². The Kier molecular flexibility index (Phi) is 6.30. The van der Waals surface area contributed by atoms with Crippen LogP contribution >= 0.6 is 0 Å². The lowest BCUT2D eigenvalue weighted by molar-refractivity contribution is -0.119. The summed E-state index contributed by atoms with van der Waals surface area (Å²) in [5.41, 5.74) is 3.84. The number of carbonyl (C=O) groups is 1. The molecule has 1 N–H and O–H groups in total. The molecular weight excluding hydrogens is 394 g/mol. The summed E-state index contributed by atoms with van der Waals surface area (Å²) < 4.78 is 17.0. The molecule has 0 saturated heterocycles. The normalized spacial score (nSPS) is 15.3. The van der Waals surface area contributed by atoms with Crippen molar-refractivity contribution >= 4 is 5.91 Å². The Balaban J connectivity index is 2.44. The summed E-state index contributed by atoms with van der Waals surface area (Å²) in [6, 6.07) is 7.17. The van der Waals surface area contributed by atoms with E-state index in [1.165, 1.54) is 6.92 Å². The minimum Gasteiger partial charge on any atom is -0.493 e. The second-order valence-electron chi connectivity index (χ2n) is 8.85. The Labute approximate surface area is 183 Å². The van der Waals surface area contributed by atoms with Crippen molar-refractivity contribution in [2.75, 3.05) is 21.3 Å². The van der Waals surface area contributed by atoms with Gasteiger partial charge < -0.3 is 19.5 Å². The molecule has 1 aliphatic carbocycles. The summed E-state index contributed by atoms with van der Waals surface area (Å²) >= 11 is 0. The Morgan fingerprint density at radius 1 is 1.03 bits per heavy atom. The molecule has 0 radical (unpaired) electrons. The number of ether oxygens (including phenoxy) is 3. The zero-order valence-corrected chi connectivity index (χ0v) is 19.3. The third-order valence-electron chi connectivity index (χ3n) is 5.72. The number of rotatable bonds is 4. The average molecular weight is 426 g/mol. The van der Waals surface area contributed by atoms with E-state index in [1.54, 1.807) is 27.4 Å². The van der Waals surface area contributed by atoms with Crippen LogP contribution in [0.4, 0.5) is 0 Å². The van der Waals surface area contributed by atoms with Gasteiger partial charge in [0.2, 0.25) is 11.7 Å². The number of methoxy groups -OCH3 is 3.